The van der Waals surface area contributed by atoms with E-state index in [2.05, 4.69) is 9.97 Å². The maximum Gasteiger partial charge on any atom is 0.155 e. The van der Waals surface area contributed by atoms with E-state index in [4.69, 9.17) is 0 Å². The Morgan fingerprint density at radius 2 is 1.88 bits per heavy atom. The van der Waals surface area contributed by atoms with Crippen molar-refractivity contribution in [2.24, 2.45) is 0 Å². The highest BCUT2D eigenvalue weighted by atomic mass is 19.1. The molecule has 3 nitrogen and oxygen atoms in total. The molecule has 0 fully saturated rings. The van der Waals surface area contributed by atoms with Crippen molar-refractivity contribution in [3.05, 3.63) is 54.9 Å². The van der Waals surface area contributed by atoms with Gasteiger partial charge in [0.25, 0.3) is 0 Å². The van der Waals surface area contributed by atoms with Gasteiger partial charge >= 0.3 is 0 Å². The van der Waals surface area contributed by atoms with Gasteiger partial charge in [-0.15, -0.1) is 0 Å². The van der Waals surface area contributed by atoms with Gasteiger partial charge in [-0.2, -0.15) is 0 Å². The Kier molecular flexibility index (Phi) is 1.93. The first-order chi connectivity index (χ1) is 7.83. The van der Waals surface area contributed by atoms with E-state index in [0.29, 0.717) is 0 Å². The van der Waals surface area contributed by atoms with E-state index >= 15 is 0 Å². The fourth-order valence-electron chi connectivity index (χ4n) is 1.60. The average Bonchev–Trinajstić information content (AvgIpc) is 2.77. The van der Waals surface area contributed by atoms with E-state index in [1.54, 1.807) is 24.5 Å². The monoisotopic (exact) mass is 213 g/mol. The zero-order valence-electron chi connectivity index (χ0n) is 8.34. The summed E-state index contributed by atoms with van der Waals surface area (Å²) in [5.74, 6) is -0.243. The van der Waals surface area contributed by atoms with E-state index in [1.165, 1.54) is 12.1 Å². The van der Waals surface area contributed by atoms with Crippen LogP contribution in [0.5, 0.6) is 0 Å². The topological polar surface area (TPSA) is 30.2 Å². The SMILES string of the molecule is Fc1ccc(-c2cn3ccnc3cn2)cc1. The summed E-state index contributed by atoms with van der Waals surface area (Å²) in [6.07, 6.45) is 7.13. The van der Waals surface area contributed by atoms with Gasteiger partial charge in [-0.3, -0.25) is 4.98 Å². The maximum absolute atomic E-state index is 12.8. The molecular weight excluding hydrogens is 205 g/mol. The molecule has 0 bridgehead atoms. The number of imidazole rings is 1. The van der Waals surface area contributed by atoms with Crippen molar-refractivity contribution >= 4 is 5.65 Å². The molecule has 0 radical (unpaired) electrons. The van der Waals surface area contributed by atoms with Crippen LogP contribution in [0.15, 0.2) is 49.1 Å². The number of fused-ring (bicyclic) bond motifs is 1. The third-order valence-electron chi connectivity index (χ3n) is 2.42. The lowest BCUT2D eigenvalue weighted by Gasteiger charge is -2.01. The predicted molar refractivity (Wildman–Crippen MR) is 58.4 cm³/mol. The third kappa shape index (κ3) is 1.44. The molecule has 0 saturated carbocycles. The second kappa shape index (κ2) is 3.41. The zero-order valence-corrected chi connectivity index (χ0v) is 8.34. The molecule has 1 aromatic carbocycles. The van der Waals surface area contributed by atoms with Crippen LogP contribution >= 0.6 is 0 Å². The Labute approximate surface area is 91.2 Å². The largest absolute Gasteiger partial charge is 0.304 e. The Morgan fingerprint density at radius 1 is 1.06 bits per heavy atom. The molecule has 3 rings (SSSR count). The smallest absolute Gasteiger partial charge is 0.155 e. The van der Waals surface area contributed by atoms with Crippen LogP contribution in [-0.4, -0.2) is 14.4 Å². The van der Waals surface area contributed by atoms with Gasteiger partial charge in [-0.25, -0.2) is 9.37 Å². The molecule has 0 aliphatic carbocycles. The van der Waals surface area contributed by atoms with Crippen molar-refractivity contribution in [1.29, 1.82) is 0 Å². The average molecular weight is 213 g/mol. The minimum atomic E-state index is -0.243. The number of benzene rings is 1. The molecule has 0 atom stereocenters. The second-order valence-electron chi connectivity index (χ2n) is 3.47. The number of halogens is 1. The van der Waals surface area contributed by atoms with Crippen LogP contribution in [0.2, 0.25) is 0 Å². The molecule has 0 aliphatic rings. The number of rotatable bonds is 1. The highest BCUT2D eigenvalue weighted by Gasteiger charge is 2.01. The Bertz CT molecular complexity index is 628. The van der Waals surface area contributed by atoms with E-state index < -0.39 is 0 Å². The molecule has 4 heteroatoms. The summed E-state index contributed by atoms with van der Waals surface area (Å²) in [6, 6.07) is 6.27. The molecule has 0 spiro atoms. The first kappa shape index (κ1) is 9.03. The fraction of sp³-hybridized carbons (Fsp3) is 0. The summed E-state index contributed by atoms with van der Waals surface area (Å²) >= 11 is 0. The van der Waals surface area contributed by atoms with Crippen molar-refractivity contribution in [3.63, 3.8) is 0 Å². The summed E-state index contributed by atoms with van der Waals surface area (Å²) in [5.41, 5.74) is 2.48. The van der Waals surface area contributed by atoms with Gasteiger partial charge in [0.1, 0.15) is 5.82 Å². The van der Waals surface area contributed by atoms with Gasteiger partial charge in [0.2, 0.25) is 0 Å². The van der Waals surface area contributed by atoms with Crippen molar-refractivity contribution in [2.45, 2.75) is 0 Å². The van der Waals surface area contributed by atoms with Gasteiger partial charge < -0.3 is 4.40 Å². The van der Waals surface area contributed by atoms with Crippen LogP contribution in [0, 0.1) is 5.82 Å². The van der Waals surface area contributed by atoms with Crippen molar-refractivity contribution < 1.29 is 4.39 Å². The molecule has 0 unspecified atom stereocenters. The summed E-state index contributed by atoms with van der Waals surface area (Å²) in [6.45, 7) is 0. The summed E-state index contributed by atoms with van der Waals surface area (Å²) in [4.78, 5) is 8.38. The molecule has 78 valence electrons. The van der Waals surface area contributed by atoms with Crippen LogP contribution in [0.3, 0.4) is 0 Å². The number of aromatic nitrogens is 3. The van der Waals surface area contributed by atoms with Crippen LogP contribution < -0.4 is 0 Å². The first-order valence-electron chi connectivity index (χ1n) is 4.87. The highest BCUT2D eigenvalue weighted by molar-refractivity contribution is 5.59. The molecule has 0 saturated heterocycles. The van der Waals surface area contributed by atoms with Crippen LogP contribution in [0.4, 0.5) is 4.39 Å². The lowest BCUT2D eigenvalue weighted by atomic mass is 10.1. The lowest BCUT2D eigenvalue weighted by Crippen LogP contribution is -1.89. The molecular formula is C12H8FN3. The van der Waals surface area contributed by atoms with Gasteiger partial charge in [0, 0.05) is 24.2 Å². The molecule has 0 amide bonds. The highest BCUT2D eigenvalue weighted by Crippen LogP contribution is 2.17. The predicted octanol–water partition coefficient (Wildman–Crippen LogP) is 2.54. The normalized spacial score (nSPS) is 10.8. The summed E-state index contributed by atoms with van der Waals surface area (Å²) in [7, 11) is 0. The Hall–Kier alpha value is -2.23. The Balaban J connectivity index is 2.14. The Morgan fingerprint density at radius 3 is 2.69 bits per heavy atom. The van der Waals surface area contributed by atoms with Crippen LogP contribution in [-0.2, 0) is 0 Å². The van der Waals surface area contributed by atoms with Crippen molar-refractivity contribution in [2.75, 3.05) is 0 Å². The molecule has 0 N–H and O–H groups in total. The van der Waals surface area contributed by atoms with E-state index in [1.807, 2.05) is 16.8 Å². The lowest BCUT2D eigenvalue weighted by molar-refractivity contribution is 0.628. The third-order valence-corrected chi connectivity index (χ3v) is 2.42. The van der Waals surface area contributed by atoms with E-state index in [-0.39, 0.29) is 5.82 Å². The van der Waals surface area contributed by atoms with Crippen LogP contribution in [0.1, 0.15) is 0 Å². The van der Waals surface area contributed by atoms with E-state index in [9.17, 15) is 4.39 Å². The molecule has 0 aliphatic heterocycles. The summed E-state index contributed by atoms with van der Waals surface area (Å²) in [5, 5.41) is 0. The number of hydrogen-bond acceptors (Lipinski definition) is 2. The van der Waals surface area contributed by atoms with Gasteiger partial charge in [0.15, 0.2) is 5.65 Å². The number of nitrogens with zero attached hydrogens (tertiary/aromatic N) is 3. The summed E-state index contributed by atoms with van der Waals surface area (Å²) < 4.78 is 14.7. The van der Waals surface area contributed by atoms with Gasteiger partial charge in [-0.1, -0.05) is 0 Å². The minimum Gasteiger partial charge on any atom is -0.304 e. The van der Waals surface area contributed by atoms with Crippen molar-refractivity contribution in [3.8, 4) is 11.3 Å². The molecule has 2 aromatic heterocycles. The van der Waals surface area contributed by atoms with Gasteiger partial charge in [-0.05, 0) is 24.3 Å². The number of hydrogen-bond donors (Lipinski definition) is 0. The molecule has 16 heavy (non-hydrogen) atoms. The second-order valence-corrected chi connectivity index (χ2v) is 3.47. The van der Waals surface area contributed by atoms with E-state index in [0.717, 1.165) is 16.9 Å². The van der Waals surface area contributed by atoms with Gasteiger partial charge in [0.05, 0.1) is 11.9 Å². The standard InChI is InChI=1S/C12H8FN3/c13-10-3-1-9(2-4-10)11-8-16-6-5-14-12(16)7-15-11/h1-8H. The van der Waals surface area contributed by atoms with Crippen LogP contribution in [0.25, 0.3) is 16.9 Å². The maximum atomic E-state index is 12.8. The fourth-order valence-corrected chi connectivity index (χ4v) is 1.60. The zero-order chi connectivity index (χ0) is 11.0. The minimum absolute atomic E-state index is 0.243. The quantitative estimate of drug-likeness (QED) is 0.621. The molecule has 2 heterocycles. The van der Waals surface area contributed by atoms with Crippen molar-refractivity contribution in [1.82, 2.24) is 14.4 Å². The first-order valence-corrected chi connectivity index (χ1v) is 4.87. The molecule has 3 aromatic rings.